The standard InChI is InChI=1S/C15H23FN2O/c1-15(11-17,18(2)14-6-7-19-10-14)9-12-4-3-5-13(16)8-12/h3-5,8,14H,6-7,9-11,17H2,1-2H3. The van der Waals surface area contributed by atoms with Gasteiger partial charge in [0, 0.05) is 24.7 Å². The van der Waals surface area contributed by atoms with Gasteiger partial charge in [0.15, 0.2) is 0 Å². The van der Waals surface area contributed by atoms with Crippen LogP contribution in [0.15, 0.2) is 24.3 Å². The quantitative estimate of drug-likeness (QED) is 0.883. The van der Waals surface area contributed by atoms with Gasteiger partial charge in [-0.15, -0.1) is 0 Å². The number of nitrogens with zero attached hydrogens (tertiary/aromatic N) is 1. The largest absolute Gasteiger partial charge is 0.380 e. The van der Waals surface area contributed by atoms with Crippen LogP contribution in [0.1, 0.15) is 18.9 Å². The second kappa shape index (κ2) is 5.99. The number of nitrogens with two attached hydrogens (primary N) is 1. The van der Waals surface area contributed by atoms with Crippen molar-refractivity contribution in [2.24, 2.45) is 5.73 Å². The number of ether oxygens (including phenoxy) is 1. The molecule has 1 aliphatic heterocycles. The Morgan fingerprint density at radius 2 is 2.32 bits per heavy atom. The molecule has 19 heavy (non-hydrogen) atoms. The molecule has 1 aromatic rings. The highest BCUT2D eigenvalue weighted by molar-refractivity contribution is 5.19. The lowest BCUT2D eigenvalue weighted by atomic mass is 9.89. The van der Waals surface area contributed by atoms with Crippen LogP contribution in [0.3, 0.4) is 0 Å². The molecule has 2 atom stereocenters. The van der Waals surface area contributed by atoms with Crippen LogP contribution in [-0.2, 0) is 11.2 Å². The Labute approximate surface area is 114 Å². The topological polar surface area (TPSA) is 38.5 Å². The summed E-state index contributed by atoms with van der Waals surface area (Å²) in [6, 6.07) is 7.17. The summed E-state index contributed by atoms with van der Waals surface area (Å²) >= 11 is 0. The van der Waals surface area contributed by atoms with E-state index in [4.69, 9.17) is 10.5 Å². The Balaban J connectivity index is 2.12. The fraction of sp³-hybridized carbons (Fsp3) is 0.600. The lowest BCUT2D eigenvalue weighted by Gasteiger charge is -2.41. The average Bonchev–Trinajstić information content (AvgIpc) is 2.91. The number of halogens is 1. The summed E-state index contributed by atoms with van der Waals surface area (Å²) in [5.74, 6) is -0.191. The second-order valence-electron chi connectivity index (χ2n) is 5.64. The summed E-state index contributed by atoms with van der Waals surface area (Å²) < 4.78 is 18.7. The summed E-state index contributed by atoms with van der Waals surface area (Å²) in [4.78, 5) is 2.30. The van der Waals surface area contributed by atoms with Crippen molar-refractivity contribution in [3.05, 3.63) is 35.6 Å². The highest BCUT2D eigenvalue weighted by Gasteiger charge is 2.34. The molecule has 0 bridgehead atoms. The first-order chi connectivity index (χ1) is 9.05. The van der Waals surface area contributed by atoms with Gasteiger partial charge in [-0.3, -0.25) is 4.90 Å². The van der Waals surface area contributed by atoms with Crippen LogP contribution in [0, 0.1) is 5.82 Å². The number of likely N-dealkylation sites (N-methyl/N-ethyl adjacent to an activating group) is 1. The van der Waals surface area contributed by atoms with E-state index in [-0.39, 0.29) is 11.4 Å². The maximum absolute atomic E-state index is 13.3. The van der Waals surface area contributed by atoms with Gasteiger partial charge in [0.25, 0.3) is 0 Å². The first-order valence-corrected chi connectivity index (χ1v) is 6.80. The van der Waals surface area contributed by atoms with E-state index in [9.17, 15) is 4.39 Å². The molecule has 1 heterocycles. The minimum absolute atomic E-state index is 0.174. The molecule has 1 aromatic carbocycles. The van der Waals surface area contributed by atoms with E-state index in [2.05, 4.69) is 18.9 Å². The van der Waals surface area contributed by atoms with Crippen LogP contribution >= 0.6 is 0 Å². The van der Waals surface area contributed by atoms with Crippen molar-refractivity contribution in [2.75, 3.05) is 26.8 Å². The Morgan fingerprint density at radius 1 is 1.53 bits per heavy atom. The molecule has 0 aliphatic carbocycles. The van der Waals surface area contributed by atoms with Gasteiger partial charge in [0.2, 0.25) is 0 Å². The number of hydrogen-bond acceptors (Lipinski definition) is 3. The normalized spacial score (nSPS) is 22.7. The molecule has 1 aliphatic rings. The summed E-state index contributed by atoms with van der Waals surface area (Å²) in [5, 5.41) is 0. The third kappa shape index (κ3) is 3.32. The van der Waals surface area contributed by atoms with E-state index in [1.807, 2.05) is 6.07 Å². The lowest BCUT2D eigenvalue weighted by molar-refractivity contribution is 0.0783. The van der Waals surface area contributed by atoms with E-state index >= 15 is 0 Å². The summed E-state index contributed by atoms with van der Waals surface area (Å²) in [7, 11) is 2.09. The minimum atomic E-state index is -0.191. The zero-order valence-electron chi connectivity index (χ0n) is 11.7. The molecule has 0 radical (unpaired) electrons. The van der Waals surface area contributed by atoms with Gasteiger partial charge >= 0.3 is 0 Å². The van der Waals surface area contributed by atoms with Gasteiger partial charge in [-0.2, -0.15) is 0 Å². The first kappa shape index (κ1) is 14.4. The molecule has 1 fully saturated rings. The molecule has 2 unspecified atom stereocenters. The van der Waals surface area contributed by atoms with Crippen molar-refractivity contribution < 1.29 is 9.13 Å². The van der Waals surface area contributed by atoms with E-state index < -0.39 is 0 Å². The molecule has 0 spiro atoms. The van der Waals surface area contributed by atoms with Crippen molar-refractivity contribution in [1.29, 1.82) is 0 Å². The van der Waals surface area contributed by atoms with E-state index in [0.29, 0.717) is 12.6 Å². The maximum Gasteiger partial charge on any atom is 0.123 e. The Bertz CT molecular complexity index is 420. The van der Waals surface area contributed by atoms with Crippen LogP contribution in [0.25, 0.3) is 0 Å². The van der Waals surface area contributed by atoms with Gasteiger partial charge in [-0.1, -0.05) is 12.1 Å². The highest BCUT2D eigenvalue weighted by atomic mass is 19.1. The summed E-state index contributed by atoms with van der Waals surface area (Å²) in [6.07, 6.45) is 1.78. The molecule has 2 N–H and O–H groups in total. The zero-order chi connectivity index (χ0) is 13.9. The Morgan fingerprint density at radius 3 is 2.89 bits per heavy atom. The molecular weight excluding hydrogens is 243 g/mol. The monoisotopic (exact) mass is 266 g/mol. The molecule has 4 heteroatoms. The van der Waals surface area contributed by atoms with E-state index in [0.717, 1.165) is 31.6 Å². The van der Waals surface area contributed by atoms with Crippen molar-refractivity contribution in [3.8, 4) is 0 Å². The van der Waals surface area contributed by atoms with Crippen LogP contribution < -0.4 is 5.73 Å². The highest BCUT2D eigenvalue weighted by Crippen LogP contribution is 2.24. The molecule has 1 saturated heterocycles. The molecule has 0 amide bonds. The number of rotatable bonds is 5. The van der Waals surface area contributed by atoms with Crippen LogP contribution in [-0.4, -0.2) is 43.3 Å². The predicted octanol–water partition coefficient (Wildman–Crippen LogP) is 1.81. The van der Waals surface area contributed by atoms with Gasteiger partial charge in [0.05, 0.1) is 6.61 Å². The molecule has 0 aromatic heterocycles. The molecule has 106 valence electrons. The fourth-order valence-corrected chi connectivity index (χ4v) is 2.70. The van der Waals surface area contributed by atoms with Crippen LogP contribution in [0.4, 0.5) is 4.39 Å². The molecular formula is C15H23FN2O. The zero-order valence-corrected chi connectivity index (χ0v) is 11.7. The van der Waals surface area contributed by atoms with E-state index in [1.54, 1.807) is 12.1 Å². The van der Waals surface area contributed by atoms with E-state index in [1.165, 1.54) is 6.07 Å². The van der Waals surface area contributed by atoms with Gasteiger partial charge in [-0.25, -0.2) is 4.39 Å². The van der Waals surface area contributed by atoms with Gasteiger partial charge < -0.3 is 10.5 Å². The van der Waals surface area contributed by atoms with Crippen molar-refractivity contribution in [3.63, 3.8) is 0 Å². The second-order valence-corrected chi connectivity index (χ2v) is 5.64. The summed E-state index contributed by atoms with van der Waals surface area (Å²) in [5.41, 5.74) is 6.80. The number of benzene rings is 1. The number of hydrogen-bond donors (Lipinski definition) is 1. The van der Waals surface area contributed by atoms with Crippen LogP contribution in [0.5, 0.6) is 0 Å². The van der Waals surface area contributed by atoms with Gasteiger partial charge in [-0.05, 0) is 44.5 Å². The lowest BCUT2D eigenvalue weighted by Crippen LogP contribution is -2.55. The minimum Gasteiger partial charge on any atom is -0.380 e. The van der Waals surface area contributed by atoms with Crippen LogP contribution in [0.2, 0.25) is 0 Å². The smallest absolute Gasteiger partial charge is 0.123 e. The molecule has 2 rings (SSSR count). The van der Waals surface area contributed by atoms with Crippen molar-refractivity contribution in [1.82, 2.24) is 4.90 Å². The fourth-order valence-electron chi connectivity index (χ4n) is 2.70. The van der Waals surface area contributed by atoms with Gasteiger partial charge in [0.1, 0.15) is 5.82 Å². The Hall–Kier alpha value is -0.970. The maximum atomic E-state index is 13.3. The SMILES string of the molecule is CN(C1CCOC1)C(C)(CN)Cc1cccc(F)c1. The average molecular weight is 266 g/mol. The van der Waals surface area contributed by atoms with Crippen molar-refractivity contribution >= 4 is 0 Å². The third-order valence-electron chi connectivity index (χ3n) is 4.22. The van der Waals surface area contributed by atoms with Crippen molar-refractivity contribution in [2.45, 2.75) is 31.3 Å². The Kier molecular flexibility index (Phi) is 4.55. The first-order valence-electron chi connectivity index (χ1n) is 6.80. The summed E-state index contributed by atoms with van der Waals surface area (Å²) in [6.45, 7) is 4.25. The third-order valence-corrected chi connectivity index (χ3v) is 4.22. The molecule has 3 nitrogen and oxygen atoms in total. The molecule has 0 saturated carbocycles. The predicted molar refractivity (Wildman–Crippen MR) is 74.6 cm³/mol.